The van der Waals surface area contributed by atoms with Crippen LogP contribution in [0.3, 0.4) is 0 Å². The summed E-state index contributed by atoms with van der Waals surface area (Å²) in [5, 5.41) is 0. The van der Waals surface area contributed by atoms with Crippen molar-refractivity contribution in [2.75, 3.05) is 0 Å². The second-order valence-electron chi connectivity index (χ2n) is 3.82. The summed E-state index contributed by atoms with van der Waals surface area (Å²) < 4.78 is 0. The van der Waals surface area contributed by atoms with Gasteiger partial charge < -0.3 is 0 Å². The molecule has 0 radical (unpaired) electrons. The van der Waals surface area contributed by atoms with Gasteiger partial charge in [-0.2, -0.15) is 0 Å². The summed E-state index contributed by atoms with van der Waals surface area (Å²) in [6.45, 7) is 0. The van der Waals surface area contributed by atoms with Crippen LogP contribution in [-0.2, 0) is 16.0 Å². The van der Waals surface area contributed by atoms with Crippen LogP contribution >= 0.6 is 0 Å². The van der Waals surface area contributed by atoms with Crippen molar-refractivity contribution < 1.29 is 9.59 Å². The zero-order valence-corrected chi connectivity index (χ0v) is 9.30. The lowest BCUT2D eigenvalue weighted by molar-refractivity contribution is -0.129. The van der Waals surface area contributed by atoms with Crippen molar-refractivity contribution in [2.45, 2.75) is 6.42 Å². The molecule has 17 heavy (non-hydrogen) atoms. The van der Waals surface area contributed by atoms with Gasteiger partial charge in [0.05, 0.1) is 0 Å². The van der Waals surface area contributed by atoms with Gasteiger partial charge in [0.15, 0.2) is 12.1 Å². The molecule has 0 heterocycles. The largest absolute Gasteiger partial charge is 0.295 e. The topological polar surface area (TPSA) is 34.1 Å². The van der Waals surface area contributed by atoms with Crippen molar-refractivity contribution in [3.8, 4) is 11.1 Å². The summed E-state index contributed by atoms with van der Waals surface area (Å²) in [5.41, 5.74) is 3.11. The standard InChI is InChI=1S/C15H12O2/c16-11-15(17)10-12-6-8-14(9-7-12)13-4-2-1-3-5-13/h1-9,11H,10H2. The van der Waals surface area contributed by atoms with Crippen molar-refractivity contribution in [2.24, 2.45) is 0 Å². The Hall–Kier alpha value is -2.22. The highest BCUT2D eigenvalue weighted by atomic mass is 16.2. The molecule has 0 spiro atoms. The van der Waals surface area contributed by atoms with Crippen molar-refractivity contribution >= 4 is 12.1 Å². The Bertz CT molecular complexity index is 512. The molecule has 2 heteroatoms. The van der Waals surface area contributed by atoms with Gasteiger partial charge in [-0.05, 0) is 16.7 Å². The number of hydrogen-bond donors (Lipinski definition) is 0. The molecule has 0 aliphatic rings. The van der Waals surface area contributed by atoms with E-state index in [1.54, 1.807) is 0 Å². The van der Waals surface area contributed by atoms with Gasteiger partial charge in [0.1, 0.15) is 0 Å². The van der Waals surface area contributed by atoms with E-state index < -0.39 is 5.78 Å². The normalized spacial score (nSPS) is 9.88. The van der Waals surface area contributed by atoms with Crippen LogP contribution in [0.2, 0.25) is 0 Å². The van der Waals surface area contributed by atoms with Crippen LogP contribution in [0.25, 0.3) is 11.1 Å². The number of benzene rings is 2. The second kappa shape index (κ2) is 5.21. The molecule has 0 saturated carbocycles. The quantitative estimate of drug-likeness (QED) is 0.591. The molecule has 2 rings (SSSR count). The molecule has 2 aromatic carbocycles. The van der Waals surface area contributed by atoms with Crippen LogP contribution in [0.1, 0.15) is 5.56 Å². The Balaban J connectivity index is 2.19. The minimum absolute atomic E-state index is 0.179. The fraction of sp³-hybridized carbons (Fsp3) is 0.0667. The molecule has 0 atom stereocenters. The van der Waals surface area contributed by atoms with Crippen molar-refractivity contribution in [1.29, 1.82) is 0 Å². The second-order valence-corrected chi connectivity index (χ2v) is 3.82. The lowest BCUT2D eigenvalue weighted by Gasteiger charge is -2.02. The van der Waals surface area contributed by atoms with Gasteiger partial charge in [-0.15, -0.1) is 0 Å². The number of carbonyl (C=O) groups excluding carboxylic acids is 2. The molecule has 0 fully saturated rings. The number of Topliss-reactive ketones (excluding diaryl/α,β-unsaturated/α-hetero) is 1. The van der Waals surface area contributed by atoms with Gasteiger partial charge in [-0.3, -0.25) is 9.59 Å². The monoisotopic (exact) mass is 224 g/mol. The van der Waals surface area contributed by atoms with Crippen LogP contribution in [0.15, 0.2) is 54.6 Å². The zero-order chi connectivity index (χ0) is 12.1. The lowest BCUT2D eigenvalue weighted by Crippen LogP contribution is -2.02. The van der Waals surface area contributed by atoms with E-state index in [0.717, 1.165) is 16.7 Å². The molecule has 84 valence electrons. The van der Waals surface area contributed by atoms with Gasteiger partial charge in [0, 0.05) is 6.42 Å². The van der Waals surface area contributed by atoms with Crippen molar-refractivity contribution in [3.63, 3.8) is 0 Å². The maximum Gasteiger partial charge on any atom is 0.199 e. The van der Waals surface area contributed by atoms with Crippen LogP contribution in [0.5, 0.6) is 0 Å². The molecule has 0 unspecified atom stereocenters. The predicted molar refractivity (Wildman–Crippen MR) is 66.7 cm³/mol. The SMILES string of the molecule is O=CC(=O)Cc1ccc(-c2ccccc2)cc1. The first kappa shape index (κ1) is 11.3. The molecular formula is C15H12O2. The van der Waals surface area contributed by atoms with Gasteiger partial charge in [-0.1, -0.05) is 54.6 Å². The Morgan fingerprint density at radius 3 is 2.06 bits per heavy atom. The predicted octanol–water partition coefficient (Wildman–Crippen LogP) is 2.66. The summed E-state index contributed by atoms with van der Waals surface area (Å²) >= 11 is 0. The number of carbonyl (C=O) groups is 2. The van der Waals surface area contributed by atoms with Crippen LogP contribution in [0.4, 0.5) is 0 Å². The van der Waals surface area contributed by atoms with E-state index in [9.17, 15) is 9.59 Å². The highest BCUT2D eigenvalue weighted by molar-refractivity contribution is 6.25. The maximum absolute atomic E-state index is 11.0. The molecule has 0 aromatic heterocycles. The van der Waals surface area contributed by atoms with Gasteiger partial charge in [0.2, 0.25) is 0 Å². The van der Waals surface area contributed by atoms with Crippen LogP contribution in [-0.4, -0.2) is 12.1 Å². The fourth-order valence-electron chi connectivity index (χ4n) is 1.69. The Labute approximate surface area is 99.9 Å². The highest BCUT2D eigenvalue weighted by Gasteiger charge is 2.02. The van der Waals surface area contributed by atoms with Gasteiger partial charge >= 0.3 is 0 Å². The number of hydrogen-bond acceptors (Lipinski definition) is 2. The van der Waals surface area contributed by atoms with E-state index in [4.69, 9.17) is 0 Å². The lowest BCUT2D eigenvalue weighted by atomic mass is 10.0. The summed E-state index contributed by atoms with van der Waals surface area (Å²) in [7, 11) is 0. The smallest absolute Gasteiger partial charge is 0.199 e. The summed E-state index contributed by atoms with van der Waals surface area (Å²) in [5.74, 6) is -0.391. The molecule has 2 nitrogen and oxygen atoms in total. The van der Waals surface area contributed by atoms with Gasteiger partial charge in [-0.25, -0.2) is 0 Å². The van der Waals surface area contributed by atoms with E-state index in [1.165, 1.54) is 0 Å². The molecule has 0 N–H and O–H groups in total. The first-order valence-electron chi connectivity index (χ1n) is 5.42. The average molecular weight is 224 g/mol. The summed E-state index contributed by atoms with van der Waals surface area (Å²) in [4.78, 5) is 21.2. The van der Waals surface area contributed by atoms with Crippen LogP contribution < -0.4 is 0 Å². The van der Waals surface area contributed by atoms with E-state index in [2.05, 4.69) is 0 Å². The third-order valence-electron chi connectivity index (χ3n) is 2.57. The Morgan fingerprint density at radius 2 is 1.47 bits per heavy atom. The average Bonchev–Trinajstić information content (AvgIpc) is 2.40. The van der Waals surface area contributed by atoms with E-state index in [-0.39, 0.29) is 6.42 Å². The van der Waals surface area contributed by atoms with Crippen molar-refractivity contribution in [3.05, 3.63) is 60.2 Å². The first-order chi connectivity index (χ1) is 8.29. The molecule has 0 aliphatic heterocycles. The third-order valence-corrected chi connectivity index (χ3v) is 2.57. The highest BCUT2D eigenvalue weighted by Crippen LogP contribution is 2.19. The zero-order valence-electron chi connectivity index (χ0n) is 9.30. The Kier molecular flexibility index (Phi) is 3.46. The van der Waals surface area contributed by atoms with Crippen LogP contribution in [0, 0.1) is 0 Å². The molecule has 0 aliphatic carbocycles. The minimum Gasteiger partial charge on any atom is -0.295 e. The van der Waals surface area contributed by atoms with E-state index in [1.807, 2.05) is 54.6 Å². The first-order valence-corrected chi connectivity index (χ1v) is 5.42. The molecule has 0 bridgehead atoms. The molecule has 2 aromatic rings. The Morgan fingerprint density at radius 1 is 0.882 bits per heavy atom. The maximum atomic E-state index is 11.0. The van der Waals surface area contributed by atoms with Crippen molar-refractivity contribution in [1.82, 2.24) is 0 Å². The number of rotatable bonds is 4. The van der Waals surface area contributed by atoms with Gasteiger partial charge in [0.25, 0.3) is 0 Å². The summed E-state index contributed by atoms with van der Waals surface area (Å²) in [6.07, 6.45) is 0.545. The molecule has 0 saturated heterocycles. The number of aldehydes is 1. The number of ketones is 1. The molecular weight excluding hydrogens is 212 g/mol. The fourth-order valence-corrected chi connectivity index (χ4v) is 1.69. The summed E-state index contributed by atoms with van der Waals surface area (Å²) in [6, 6.07) is 17.7. The third kappa shape index (κ3) is 2.88. The van der Waals surface area contributed by atoms with E-state index >= 15 is 0 Å². The molecule has 0 amide bonds. The minimum atomic E-state index is -0.391. The van der Waals surface area contributed by atoms with E-state index in [0.29, 0.717) is 6.29 Å².